The quantitative estimate of drug-likeness (QED) is 0.472. The number of methoxy groups -OCH3 is 2. The van der Waals surface area contributed by atoms with E-state index in [9.17, 15) is 9.59 Å². The molecule has 37 heavy (non-hydrogen) atoms. The first kappa shape index (κ1) is 24.0. The summed E-state index contributed by atoms with van der Waals surface area (Å²) in [5, 5.41) is 6.65. The van der Waals surface area contributed by atoms with Crippen LogP contribution in [0.15, 0.2) is 30.5 Å². The van der Waals surface area contributed by atoms with Crippen molar-refractivity contribution in [2.24, 2.45) is 17.8 Å². The number of nitrogens with one attached hydrogen (secondary N) is 4. The number of hydrogen-bond donors (Lipinski definition) is 4. The van der Waals surface area contributed by atoms with E-state index in [-0.39, 0.29) is 18.0 Å². The van der Waals surface area contributed by atoms with Crippen LogP contribution in [0.1, 0.15) is 41.7 Å². The first-order chi connectivity index (χ1) is 17.8. The molecule has 2 amide bonds. The Morgan fingerprint density at radius 2 is 2.00 bits per heavy atom. The van der Waals surface area contributed by atoms with Crippen molar-refractivity contribution in [2.45, 2.75) is 43.3 Å². The Bertz CT molecular complexity index is 1250. The fraction of sp³-hybridized carbons (Fsp3) is 0.519. The highest BCUT2D eigenvalue weighted by molar-refractivity contribution is 6.09. The van der Waals surface area contributed by atoms with Gasteiger partial charge in [0, 0.05) is 31.7 Å². The van der Waals surface area contributed by atoms with Gasteiger partial charge in [-0.05, 0) is 67.3 Å². The minimum atomic E-state index is -0.412. The van der Waals surface area contributed by atoms with Crippen molar-refractivity contribution in [3.8, 4) is 11.5 Å². The Morgan fingerprint density at radius 3 is 2.76 bits per heavy atom. The molecule has 6 rings (SSSR count). The third kappa shape index (κ3) is 3.81. The van der Waals surface area contributed by atoms with Gasteiger partial charge in [-0.25, -0.2) is 10.4 Å². The molecule has 4 unspecified atom stereocenters. The second-order valence-electron chi connectivity index (χ2n) is 10.9. The van der Waals surface area contributed by atoms with Crippen LogP contribution in [0.25, 0.3) is 0 Å². The van der Waals surface area contributed by atoms with Gasteiger partial charge in [0.25, 0.3) is 5.91 Å². The molecule has 1 aromatic carbocycles. The molecule has 3 heterocycles. The van der Waals surface area contributed by atoms with Crippen molar-refractivity contribution < 1.29 is 19.1 Å². The molecule has 2 aliphatic heterocycles. The summed E-state index contributed by atoms with van der Waals surface area (Å²) in [5.41, 5.74) is 9.62. The lowest BCUT2D eigenvalue weighted by molar-refractivity contribution is -0.118. The van der Waals surface area contributed by atoms with Crippen LogP contribution in [0, 0.1) is 17.8 Å². The summed E-state index contributed by atoms with van der Waals surface area (Å²) in [6.45, 7) is 0. The number of nitrogens with zero attached hydrogens (tertiary/aromatic N) is 2. The molecule has 196 valence electrons. The third-order valence-electron chi connectivity index (χ3n) is 8.76. The maximum atomic E-state index is 13.1. The van der Waals surface area contributed by atoms with E-state index in [1.807, 2.05) is 18.2 Å². The van der Waals surface area contributed by atoms with Gasteiger partial charge in [0.2, 0.25) is 5.91 Å². The maximum Gasteiger partial charge on any atom is 0.272 e. The van der Waals surface area contributed by atoms with Crippen LogP contribution in [0.3, 0.4) is 0 Å². The number of anilines is 2. The first-order valence-electron chi connectivity index (χ1n) is 12.9. The number of pyridine rings is 1. The van der Waals surface area contributed by atoms with Crippen LogP contribution >= 0.6 is 0 Å². The van der Waals surface area contributed by atoms with Crippen LogP contribution in [0.2, 0.25) is 0 Å². The number of carbonyl (C=O) groups is 2. The van der Waals surface area contributed by atoms with Crippen molar-refractivity contribution in [3.05, 3.63) is 41.7 Å². The van der Waals surface area contributed by atoms with Crippen molar-refractivity contribution >= 4 is 23.2 Å². The monoisotopic (exact) mass is 506 g/mol. The number of benzene rings is 1. The van der Waals surface area contributed by atoms with Crippen molar-refractivity contribution in [1.29, 1.82) is 0 Å². The lowest BCUT2D eigenvalue weighted by atomic mass is 9.74. The summed E-state index contributed by atoms with van der Waals surface area (Å²) in [6, 6.07) is 7.93. The van der Waals surface area contributed by atoms with E-state index in [2.05, 4.69) is 26.5 Å². The molecular formula is C27H34N6O4. The van der Waals surface area contributed by atoms with Gasteiger partial charge >= 0.3 is 0 Å². The van der Waals surface area contributed by atoms with E-state index < -0.39 is 5.41 Å². The van der Waals surface area contributed by atoms with Gasteiger partial charge in [0.05, 0.1) is 37.7 Å². The van der Waals surface area contributed by atoms with E-state index in [1.165, 1.54) is 4.90 Å². The SMILES string of the molecule is COc1ccc2c(c1)[C@]1(C[C@H]1C1CCC3C(C1)NNC3Nc1cc(C(=O)N(C)C)ncc1OC)C(=O)N2. The first-order valence-corrected chi connectivity index (χ1v) is 12.9. The molecule has 4 N–H and O–H groups in total. The van der Waals surface area contributed by atoms with Gasteiger partial charge in [-0.1, -0.05) is 0 Å². The van der Waals surface area contributed by atoms with Crippen molar-refractivity contribution in [2.75, 3.05) is 38.9 Å². The summed E-state index contributed by atoms with van der Waals surface area (Å²) in [6.07, 6.45) is 5.57. The average Bonchev–Trinajstić information content (AvgIpc) is 3.46. The molecule has 1 saturated heterocycles. The van der Waals surface area contributed by atoms with E-state index in [0.29, 0.717) is 35.2 Å². The molecule has 2 aliphatic carbocycles. The molecule has 0 radical (unpaired) electrons. The number of fused-ring (bicyclic) bond motifs is 3. The van der Waals surface area contributed by atoms with Gasteiger partial charge in [-0.2, -0.15) is 0 Å². The molecule has 0 bridgehead atoms. The normalized spacial score (nSPS) is 31.4. The summed E-state index contributed by atoms with van der Waals surface area (Å²) in [4.78, 5) is 31.3. The minimum Gasteiger partial charge on any atom is -0.497 e. The molecule has 10 nitrogen and oxygen atoms in total. The average molecular weight is 507 g/mol. The number of aromatic nitrogens is 1. The Hall–Kier alpha value is -3.37. The van der Waals surface area contributed by atoms with E-state index in [4.69, 9.17) is 9.47 Å². The van der Waals surface area contributed by atoms with E-state index in [0.717, 1.165) is 48.4 Å². The van der Waals surface area contributed by atoms with Gasteiger partial charge < -0.3 is 25.0 Å². The van der Waals surface area contributed by atoms with Crippen LogP contribution < -0.4 is 31.0 Å². The molecule has 10 heteroatoms. The second kappa shape index (κ2) is 8.88. The number of hydrogen-bond acceptors (Lipinski definition) is 8. The highest BCUT2D eigenvalue weighted by Crippen LogP contribution is 2.65. The van der Waals surface area contributed by atoms with E-state index in [1.54, 1.807) is 40.6 Å². The smallest absolute Gasteiger partial charge is 0.272 e. The van der Waals surface area contributed by atoms with Crippen LogP contribution in [0.4, 0.5) is 11.4 Å². The number of ether oxygens (including phenoxy) is 2. The summed E-state index contributed by atoms with van der Waals surface area (Å²) < 4.78 is 11.0. The Kier molecular flexibility index (Phi) is 5.76. The molecule has 3 fully saturated rings. The van der Waals surface area contributed by atoms with Gasteiger partial charge in [0.15, 0.2) is 5.75 Å². The van der Waals surface area contributed by atoms with Gasteiger partial charge in [-0.3, -0.25) is 15.0 Å². The lowest BCUT2D eigenvalue weighted by Gasteiger charge is -2.34. The predicted molar refractivity (Wildman–Crippen MR) is 139 cm³/mol. The van der Waals surface area contributed by atoms with Crippen LogP contribution in [-0.4, -0.2) is 62.2 Å². The number of rotatable bonds is 6. The summed E-state index contributed by atoms with van der Waals surface area (Å²) in [5.74, 6) is 2.54. The standard InChI is InChI=1S/C27H34N6O4/c1-33(2)25(34)22-11-21(23(37-4)13-28-22)29-24-16-7-5-14(9-20(16)31-32-24)18-12-27(18)17-10-15(36-3)6-8-19(17)30-26(27)35/h6,8,10-11,13-14,16,18,20,24,31-32H,5,7,9,12H2,1-4H3,(H,28,29)(H,30,35)/t14?,16?,18-,20?,24?,27-/m0/s1. The fourth-order valence-corrected chi connectivity index (χ4v) is 6.75. The molecule has 2 aromatic rings. The zero-order valence-corrected chi connectivity index (χ0v) is 21.6. The topological polar surface area (TPSA) is 117 Å². The fourth-order valence-electron chi connectivity index (χ4n) is 6.75. The molecule has 2 saturated carbocycles. The van der Waals surface area contributed by atoms with Gasteiger partial charge in [0.1, 0.15) is 11.4 Å². The highest BCUT2D eigenvalue weighted by Gasteiger charge is 2.67. The largest absolute Gasteiger partial charge is 0.497 e. The molecule has 1 spiro atoms. The number of carbonyl (C=O) groups excluding carboxylic acids is 2. The Labute approximate surface area is 216 Å². The van der Waals surface area contributed by atoms with Crippen molar-refractivity contribution in [1.82, 2.24) is 20.7 Å². The van der Waals surface area contributed by atoms with Crippen LogP contribution in [0.5, 0.6) is 11.5 Å². The zero-order chi connectivity index (χ0) is 25.9. The minimum absolute atomic E-state index is 0.0162. The molecule has 1 aromatic heterocycles. The van der Waals surface area contributed by atoms with Crippen LogP contribution in [-0.2, 0) is 10.2 Å². The number of hydrazine groups is 1. The Balaban J connectivity index is 1.15. The Morgan fingerprint density at radius 1 is 1.16 bits per heavy atom. The second-order valence-corrected chi connectivity index (χ2v) is 10.9. The van der Waals surface area contributed by atoms with E-state index >= 15 is 0 Å². The summed E-state index contributed by atoms with van der Waals surface area (Å²) >= 11 is 0. The third-order valence-corrected chi connectivity index (χ3v) is 8.76. The zero-order valence-electron chi connectivity index (χ0n) is 21.6. The molecule has 4 aliphatic rings. The van der Waals surface area contributed by atoms with Crippen molar-refractivity contribution in [3.63, 3.8) is 0 Å². The molecule has 6 atom stereocenters. The lowest BCUT2D eigenvalue weighted by Crippen LogP contribution is -2.39. The number of amides is 2. The predicted octanol–water partition coefficient (Wildman–Crippen LogP) is 2.34. The highest BCUT2D eigenvalue weighted by atomic mass is 16.5. The van der Waals surface area contributed by atoms with Gasteiger partial charge in [-0.15, -0.1) is 0 Å². The maximum absolute atomic E-state index is 13.1. The summed E-state index contributed by atoms with van der Waals surface area (Å²) in [7, 11) is 6.68. The molecular weight excluding hydrogens is 472 g/mol.